The van der Waals surface area contributed by atoms with E-state index in [9.17, 15) is 22.8 Å². The fourth-order valence-corrected chi connectivity index (χ4v) is 1.44. The van der Waals surface area contributed by atoms with Gasteiger partial charge in [-0.15, -0.1) is 0 Å². The summed E-state index contributed by atoms with van der Waals surface area (Å²) < 4.78 is 42.4. The number of alkyl halides is 3. The zero-order chi connectivity index (χ0) is 13.5. The van der Waals surface area contributed by atoms with E-state index in [0.717, 1.165) is 0 Å². The van der Waals surface area contributed by atoms with Gasteiger partial charge in [-0.25, -0.2) is 0 Å². The highest BCUT2D eigenvalue weighted by Crippen LogP contribution is 2.34. The van der Waals surface area contributed by atoms with E-state index < -0.39 is 30.4 Å². The minimum atomic E-state index is -4.48. The van der Waals surface area contributed by atoms with Crippen LogP contribution in [0.1, 0.15) is 33.1 Å². The Morgan fingerprint density at radius 1 is 1.35 bits per heavy atom. The van der Waals surface area contributed by atoms with Gasteiger partial charge in [0, 0.05) is 5.92 Å². The van der Waals surface area contributed by atoms with Crippen LogP contribution in [0.3, 0.4) is 0 Å². The molecule has 3 nitrogen and oxygen atoms in total. The van der Waals surface area contributed by atoms with Crippen molar-refractivity contribution in [2.45, 2.75) is 39.3 Å². The average Bonchev–Trinajstić information content (AvgIpc) is 2.23. The lowest BCUT2D eigenvalue weighted by Gasteiger charge is -2.21. The lowest BCUT2D eigenvalue weighted by molar-refractivity contribution is -0.188. The Hall–Kier alpha value is -1.07. The summed E-state index contributed by atoms with van der Waals surface area (Å²) in [6.45, 7) is 3.21. The number of carbonyl (C=O) groups excluding carboxylic acids is 2. The van der Waals surface area contributed by atoms with Crippen molar-refractivity contribution in [2.75, 3.05) is 6.61 Å². The molecule has 0 aromatic carbocycles. The lowest BCUT2D eigenvalue weighted by atomic mass is 9.91. The number of aldehydes is 1. The highest BCUT2D eigenvalue weighted by Gasteiger charge is 2.41. The predicted molar refractivity (Wildman–Crippen MR) is 55.3 cm³/mol. The second-order valence-electron chi connectivity index (χ2n) is 3.79. The first kappa shape index (κ1) is 15.9. The van der Waals surface area contributed by atoms with E-state index in [1.165, 1.54) is 6.92 Å². The highest BCUT2D eigenvalue weighted by atomic mass is 19.4. The molecule has 100 valence electrons. The number of hydrogen-bond acceptors (Lipinski definition) is 3. The number of carbonyl (C=O) groups is 2. The largest absolute Gasteiger partial charge is 0.466 e. The molecule has 0 rings (SSSR count). The molecule has 0 radical (unpaired) electrons. The number of esters is 1. The van der Waals surface area contributed by atoms with Gasteiger partial charge in [0.05, 0.1) is 18.9 Å². The summed E-state index contributed by atoms with van der Waals surface area (Å²) >= 11 is 0. The molecule has 0 N–H and O–H groups in total. The Labute approximate surface area is 98.3 Å². The Morgan fingerprint density at radius 3 is 2.29 bits per heavy atom. The van der Waals surface area contributed by atoms with Gasteiger partial charge in [-0.2, -0.15) is 13.2 Å². The van der Waals surface area contributed by atoms with Crippen molar-refractivity contribution >= 4 is 12.3 Å². The van der Waals surface area contributed by atoms with Crippen molar-refractivity contribution in [2.24, 2.45) is 11.8 Å². The van der Waals surface area contributed by atoms with Crippen molar-refractivity contribution in [3.05, 3.63) is 0 Å². The molecule has 0 saturated heterocycles. The molecule has 17 heavy (non-hydrogen) atoms. The minimum Gasteiger partial charge on any atom is -0.466 e. The zero-order valence-corrected chi connectivity index (χ0v) is 9.92. The fourth-order valence-electron chi connectivity index (χ4n) is 1.44. The summed E-state index contributed by atoms with van der Waals surface area (Å²) in [5.74, 6) is -3.36. The van der Waals surface area contributed by atoms with Gasteiger partial charge in [0.25, 0.3) is 0 Å². The maximum atomic E-state index is 12.6. The standard InChI is InChI=1S/C11H17F3O3/c1-3-8(7-15)5-9(11(12,13)14)6-10(16)17-4-2/h7-9H,3-6H2,1-2H3. The first-order valence-electron chi connectivity index (χ1n) is 5.52. The van der Waals surface area contributed by atoms with Crippen molar-refractivity contribution < 1.29 is 27.5 Å². The topological polar surface area (TPSA) is 43.4 Å². The van der Waals surface area contributed by atoms with E-state index in [2.05, 4.69) is 4.74 Å². The maximum absolute atomic E-state index is 12.6. The molecule has 0 saturated carbocycles. The van der Waals surface area contributed by atoms with Crippen LogP contribution in [0.4, 0.5) is 13.2 Å². The van der Waals surface area contributed by atoms with Gasteiger partial charge in [0.15, 0.2) is 0 Å². The van der Waals surface area contributed by atoms with Crippen LogP contribution < -0.4 is 0 Å². The average molecular weight is 254 g/mol. The predicted octanol–water partition coefficient (Wildman–Crippen LogP) is 2.73. The second-order valence-corrected chi connectivity index (χ2v) is 3.79. The molecule has 0 bridgehead atoms. The minimum absolute atomic E-state index is 0.0499. The van der Waals surface area contributed by atoms with E-state index in [-0.39, 0.29) is 13.0 Å². The van der Waals surface area contributed by atoms with E-state index in [0.29, 0.717) is 12.7 Å². The van der Waals surface area contributed by atoms with E-state index in [1.54, 1.807) is 6.92 Å². The van der Waals surface area contributed by atoms with Gasteiger partial charge in [0.2, 0.25) is 0 Å². The molecular formula is C11H17F3O3. The quantitative estimate of drug-likeness (QED) is 0.518. The van der Waals surface area contributed by atoms with Crippen LogP contribution in [0.2, 0.25) is 0 Å². The van der Waals surface area contributed by atoms with Crippen LogP contribution in [-0.4, -0.2) is 25.0 Å². The molecule has 0 heterocycles. The lowest BCUT2D eigenvalue weighted by Crippen LogP contribution is -2.28. The van der Waals surface area contributed by atoms with Crippen molar-refractivity contribution in [1.29, 1.82) is 0 Å². The second kappa shape index (κ2) is 7.29. The Morgan fingerprint density at radius 2 is 1.94 bits per heavy atom. The van der Waals surface area contributed by atoms with Crippen LogP contribution in [0.25, 0.3) is 0 Å². The summed E-state index contributed by atoms with van der Waals surface area (Å²) in [4.78, 5) is 21.6. The van der Waals surface area contributed by atoms with Crippen LogP contribution in [-0.2, 0) is 14.3 Å². The third-order valence-corrected chi connectivity index (χ3v) is 2.49. The normalized spacial score (nSPS) is 15.1. The summed E-state index contributed by atoms with van der Waals surface area (Å²) in [5, 5.41) is 0. The van der Waals surface area contributed by atoms with Crippen molar-refractivity contribution in [1.82, 2.24) is 0 Å². The molecule has 2 atom stereocenters. The first-order chi connectivity index (χ1) is 7.85. The summed E-state index contributed by atoms with van der Waals surface area (Å²) in [6.07, 6.45) is -4.73. The highest BCUT2D eigenvalue weighted by molar-refractivity contribution is 5.69. The van der Waals surface area contributed by atoms with E-state index in [4.69, 9.17) is 0 Å². The molecule has 0 aliphatic carbocycles. The monoisotopic (exact) mass is 254 g/mol. The molecule has 0 fully saturated rings. The number of halogens is 3. The SMILES string of the molecule is CCOC(=O)CC(CC(C=O)CC)C(F)(F)F. The molecule has 0 aromatic rings. The van der Waals surface area contributed by atoms with Gasteiger partial charge < -0.3 is 9.53 Å². The first-order valence-corrected chi connectivity index (χ1v) is 5.52. The van der Waals surface area contributed by atoms with Gasteiger partial charge >= 0.3 is 12.1 Å². The number of rotatable bonds is 7. The third kappa shape index (κ3) is 6.28. The molecule has 0 aliphatic rings. The summed E-state index contributed by atoms with van der Waals surface area (Å²) in [6, 6.07) is 0. The van der Waals surface area contributed by atoms with E-state index in [1.807, 2.05) is 0 Å². The molecule has 6 heteroatoms. The Bertz CT molecular complexity index is 251. The molecule has 0 aliphatic heterocycles. The van der Waals surface area contributed by atoms with E-state index >= 15 is 0 Å². The molecular weight excluding hydrogens is 237 g/mol. The van der Waals surface area contributed by atoms with Crippen LogP contribution in [0, 0.1) is 11.8 Å². The molecule has 2 unspecified atom stereocenters. The van der Waals surface area contributed by atoms with Crippen LogP contribution in [0.5, 0.6) is 0 Å². The van der Waals surface area contributed by atoms with Gasteiger partial charge in [-0.3, -0.25) is 4.79 Å². The summed E-state index contributed by atoms with van der Waals surface area (Å²) in [5.41, 5.74) is 0. The number of hydrogen-bond donors (Lipinski definition) is 0. The maximum Gasteiger partial charge on any atom is 0.392 e. The third-order valence-electron chi connectivity index (χ3n) is 2.49. The van der Waals surface area contributed by atoms with Crippen LogP contribution in [0.15, 0.2) is 0 Å². The number of ether oxygens (including phenoxy) is 1. The zero-order valence-electron chi connectivity index (χ0n) is 9.92. The Kier molecular flexibility index (Phi) is 6.83. The molecule has 0 spiro atoms. The van der Waals surface area contributed by atoms with Gasteiger partial charge in [-0.05, 0) is 19.8 Å². The fraction of sp³-hybridized carbons (Fsp3) is 0.818. The van der Waals surface area contributed by atoms with Crippen LogP contribution >= 0.6 is 0 Å². The molecule has 0 aromatic heterocycles. The smallest absolute Gasteiger partial charge is 0.392 e. The molecule has 0 amide bonds. The van der Waals surface area contributed by atoms with Gasteiger partial charge in [-0.1, -0.05) is 6.92 Å². The summed E-state index contributed by atoms with van der Waals surface area (Å²) in [7, 11) is 0. The van der Waals surface area contributed by atoms with Crippen molar-refractivity contribution in [3.8, 4) is 0 Å². The van der Waals surface area contributed by atoms with Gasteiger partial charge in [0.1, 0.15) is 6.29 Å². The Balaban J connectivity index is 4.55. The van der Waals surface area contributed by atoms with Crippen molar-refractivity contribution in [3.63, 3.8) is 0 Å².